The number of amides is 2. The van der Waals surface area contributed by atoms with Crippen molar-refractivity contribution in [2.24, 2.45) is 0 Å². The summed E-state index contributed by atoms with van der Waals surface area (Å²) in [7, 11) is 0. The van der Waals surface area contributed by atoms with Gasteiger partial charge in [0, 0.05) is 12.0 Å². The van der Waals surface area contributed by atoms with Crippen molar-refractivity contribution in [1.82, 2.24) is 15.5 Å². The Morgan fingerprint density at radius 3 is 2.21 bits per heavy atom. The summed E-state index contributed by atoms with van der Waals surface area (Å²) < 4.78 is 0. The molecule has 6 nitrogen and oxygen atoms in total. The fourth-order valence-electron chi connectivity index (χ4n) is 2.46. The number of hydrogen-bond donors (Lipinski definition) is 2. The smallest absolute Gasteiger partial charge is 0.253 e. The molecule has 144 valence electrons. The first-order valence-corrected chi connectivity index (χ1v) is 10.0. The van der Waals surface area contributed by atoms with Crippen LogP contribution in [-0.4, -0.2) is 32.9 Å². The lowest BCUT2D eigenvalue weighted by molar-refractivity contribution is -0.125. The molecule has 1 atom stereocenters. The molecule has 0 fully saturated rings. The molecule has 0 radical (unpaired) electrons. The van der Waals surface area contributed by atoms with E-state index in [2.05, 4.69) is 20.8 Å². The van der Waals surface area contributed by atoms with E-state index in [1.54, 1.807) is 0 Å². The highest BCUT2D eigenvalue weighted by molar-refractivity contribution is 7.18. The maximum Gasteiger partial charge on any atom is 0.253 e. The molecule has 0 aliphatic carbocycles. The zero-order valence-electron chi connectivity index (χ0n) is 14.5. The third-order valence-electron chi connectivity index (χ3n) is 3.79. The number of nitrogens with zero attached hydrogens (tertiary/aromatic N) is 2. The van der Waals surface area contributed by atoms with Gasteiger partial charge >= 0.3 is 0 Å². The fraction of sp³-hybridized carbons (Fsp3) is 0.158. The van der Waals surface area contributed by atoms with E-state index in [0.29, 0.717) is 10.1 Å². The Kier molecular flexibility index (Phi) is 6.97. The molecular formula is C19H16Cl2N4O2S. The number of halogens is 2. The molecule has 28 heavy (non-hydrogen) atoms. The number of benzene rings is 2. The highest BCUT2D eigenvalue weighted by Crippen LogP contribution is 2.26. The van der Waals surface area contributed by atoms with Crippen molar-refractivity contribution in [3.63, 3.8) is 0 Å². The molecule has 1 unspecified atom stereocenters. The van der Waals surface area contributed by atoms with E-state index in [1.807, 2.05) is 60.7 Å². The molecule has 0 aliphatic rings. The number of carbonyl (C=O) groups excluding carboxylic acids is 2. The summed E-state index contributed by atoms with van der Waals surface area (Å²) in [5, 5.41) is 14.4. The highest BCUT2D eigenvalue weighted by Gasteiger charge is 2.25. The molecule has 3 aromatic rings. The molecule has 1 aromatic heterocycles. The van der Waals surface area contributed by atoms with E-state index in [-0.39, 0.29) is 6.42 Å². The lowest BCUT2D eigenvalue weighted by atomic mass is 10.1. The number of hydrogen-bond acceptors (Lipinski definition) is 5. The number of carbonyl (C=O) groups is 2. The van der Waals surface area contributed by atoms with Crippen LogP contribution in [0.2, 0.25) is 0 Å². The van der Waals surface area contributed by atoms with Gasteiger partial charge in [0.1, 0.15) is 11.0 Å². The molecule has 0 saturated carbocycles. The first-order chi connectivity index (χ1) is 13.5. The van der Waals surface area contributed by atoms with Gasteiger partial charge in [0.25, 0.3) is 5.91 Å². The van der Waals surface area contributed by atoms with Crippen LogP contribution in [0.3, 0.4) is 0 Å². The average Bonchev–Trinajstić information content (AvgIpc) is 3.17. The minimum absolute atomic E-state index is 0.281. The van der Waals surface area contributed by atoms with Crippen LogP contribution < -0.4 is 10.6 Å². The topological polar surface area (TPSA) is 84.0 Å². The molecule has 2 amide bonds. The van der Waals surface area contributed by atoms with Gasteiger partial charge in [-0.05, 0) is 5.56 Å². The minimum Gasteiger partial charge on any atom is -0.342 e. The van der Waals surface area contributed by atoms with Crippen molar-refractivity contribution in [3.8, 4) is 10.6 Å². The number of anilines is 1. The Hall–Kier alpha value is -2.48. The monoisotopic (exact) mass is 434 g/mol. The van der Waals surface area contributed by atoms with Crippen molar-refractivity contribution in [1.29, 1.82) is 0 Å². The number of nitrogens with one attached hydrogen (secondary N) is 2. The molecule has 2 N–H and O–H groups in total. The molecule has 0 spiro atoms. The summed E-state index contributed by atoms with van der Waals surface area (Å²) in [6.45, 7) is 0. The van der Waals surface area contributed by atoms with Crippen LogP contribution in [0.25, 0.3) is 10.6 Å². The molecule has 9 heteroatoms. The Labute approximate surface area is 175 Å². The van der Waals surface area contributed by atoms with Crippen molar-refractivity contribution in [2.75, 3.05) is 5.32 Å². The number of rotatable bonds is 7. The van der Waals surface area contributed by atoms with Gasteiger partial charge in [-0.25, -0.2) is 0 Å². The minimum atomic E-state index is -1.27. The largest absolute Gasteiger partial charge is 0.342 e. The Morgan fingerprint density at radius 2 is 1.57 bits per heavy atom. The van der Waals surface area contributed by atoms with Gasteiger partial charge in [0.05, 0.1) is 0 Å². The summed E-state index contributed by atoms with van der Waals surface area (Å²) >= 11 is 12.5. The summed E-state index contributed by atoms with van der Waals surface area (Å²) in [5.74, 6) is -1.07. The predicted molar refractivity (Wildman–Crippen MR) is 112 cm³/mol. The molecule has 0 aliphatic heterocycles. The van der Waals surface area contributed by atoms with Crippen LogP contribution in [-0.2, 0) is 16.0 Å². The quantitative estimate of drug-likeness (QED) is 0.555. The second kappa shape index (κ2) is 9.64. The summed E-state index contributed by atoms with van der Waals surface area (Å²) in [6, 6.07) is 18.0. The lowest BCUT2D eigenvalue weighted by Gasteiger charge is -2.18. The standard InChI is InChI=1S/C19H16Cl2N4O2S/c20-15(21)17(27)22-14(11-12-7-3-1-4-8-12)16(26)23-19-25-24-18(28-19)13-9-5-2-6-10-13/h1-10,14-15H,11H2,(H,22,27)(H,23,25,26). The van der Waals surface area contributed by atoms with Crippen LogP contribution in [0.5, 0.6) is 0 Å². The molecular weight excluding hydrogens is 419 g/mol. The Bertz CT molecular complexity index is 935. The van der Waals surface area contributed by atoms with Crippen LogP contribution in [0, 0.1) is 0 Å². The molecule has 0 bridgehead atoms. The van der Waals surface area contributed by atoms with Crippen LogP contribution in [0.4, 0.5) is 5.13 Å². The third-order valence-corrected chi connectivity index (χ3v) is 5.07. The van der Waals surface area contributed by atoms with Crippen LogP contribution in [0.15, 0.2) is 60.7 Å². The maximum atomic E-state index is 12.7. The normalized spacial score (nSPS) is 11.8. The molecule has 3 rings (SSSR count). The molecule has 0 saturated heterocycles. The van der Waals surface area contributed by atoms with Crippen molar-refractivity contribution >= 4 is 51.5 Å². The van der Waals surface area contributed by atoms with Crippen LogP contribution in [0.1, 0.15) is 5.56 Å². The first kappa shape index (κ1) is 20.3. The average molecular weight is 435 g/mol. The van der Waals surface area contributed by atoms with Gasteiger partial charge in [-0.2, -0.15) is 0 Å². The lowest BCUT2D eigenvalue weighted by Crippen LogP contribution is -2.47. The zero-order chi connectivity index (χ0) is 19.9. The SMILES string of the molecule is O=C(NC(Cc1ccccc1)C(=O)Nc1nnc(-c2ccccc2)s1)C(Cl)Cl. The van der Waals surface area contributed by atoms with Crippen molar-refractivity contribution in [2.45, 2.75) is 17.3 Å². The van der Waals surface area contributed by atoms with Gasteiger partial charge in [-0.3, -0.25) is 14.9 Å². The summed E-state index contributed by atoms with van der Waals surface area (Å²) in [6.07, 6.45) is 0.281. The highest BCUT2D eigenvalue weighted by atomic mass is 35.5. The van der Waals surface area contributed by atoms with Gasteiger partial charge in [-0.1, -0.05) is 95.2 Å². The second-order valence-corrected chi connectivity index (χ2v) is 7.89. The van der Waals surface area contributed by atoms with E-state index in [9.17, 15) is 9.59 Å². The third kappa shape index (κ3) is 5.51. The van der Waals surface area contributed by atoms with Gasteiger partial charge in [-0.15, -0.1) is 10.2 Å². The number of aromatic nitrogens is 2. The fourth-order valence-corrected chi connectivity index (χ4v) is 3.34. The van der Waals surface area contributed by atoms with E-state index >= 15 is 0 Å². The predicted octanol–water partition coefficient (Wildman–Crippen LogP) is 3.67. The van der Waals surface area contributed by atoms with E-state index in [0.717, 1.165) is 11.1 Å². The summed E-state index contributed by atoms with van der Waals surface area (Å²) in [4.78, 5) is 23.4. The van der Waals surface area contributed by atoms with Crippen molar-refractivity contribution in [3.05, 3.63) is 66.2 Å². The van der Waals surface area contributed by atoms with Gasteiger partial charge < -0.3 is 5.32 Å². The summed E-state index contributed by atoms with van der Waals surface area (Å²) in [5.41, 5.74) is 1.78. The van der Waals surface area contributed by atoms with E-state index in [1.165, 1.54) is 11.3 Å². The van der Waals surface area contributed by atoms with Crippen LogP contribution >= 0.6 is 34.5 Å². The van der Waals surface area contributed by atoms with E-state index < -0.39 is 22.7 Å². The second-order valence-electron chi connectivity index (χ2n) is 5.82. The zero-order valence-corrected chi connectivity index (χ0v) is 16.8. The van der Waals surface area contributed by atoms with Crippen molar-refractivity contribution < 1.29 is 9.59 Å². The van der Waals surface area contributed by atoms with E-state index in [4.69, 9.17) is 23.2 Å². The molecule has 2 aromatic carbocycles. The Balaban J connectivity index is 1.73. The molecule has 1 heterocycles. The maximum absolute atomic E-state index is 12.7. The Morgan fingerprint density at radius 1 is 0.929 bits per heavy atom. The van der Waals surface area contributed by atoms with Gasteiger partial charge in [0.15, 0.2) is 4.84 Å². The first-order valence-electron chi connectivity index (χ1n) is 8.35. The van der Waals surface area contributed by atoms with Gasteiger partial charge in [0.2, 0.25) is 11.0 Å². The number of alkyl halides is 2.